The smallest absolute Gasteiger partial charge is 0.269 e. The molecule has 1 N–H and O–H groups in total. The Bertz CT molecular complexity index is 733. The van der Waals surface area contributed by atoms with E-state index in [-0.39, 0.29) is 11.7 Å². The molecule has 0 spiro atoms. The number of hydrogen-bond acceptors (Lipinski definition) is 4. The van der Waals surface area contributed by atoms with Gasteiger partial charge in [0.2, 0.25) is 0 Å². The van der Waals surface area contributed by atoms with Gasteiger partial charge in [0.05, 0.1) is 18.1 Å². The van der Waals surface area contributed by atoms with E-state index in [4.69, 9.17) is 16.3 Å². The van der Waals surface area contributed by atoms with E-state index in [9.17, 15) is 10.1 Å². The van der Waals surface area contributed by atoms with Gasteiger partial charge in [0.15, 0.2) is 0 Å². The highest BCUT2D eigenvalue weighted by Crippen LogP contribution is 2.35. The molecule has 2 aromatic carbocycles. The number of fused-ring (bicyclic) bond motifs is 1. The van der Waals surface area contributed by atoms with Gasteiger partial charge in [-0.05, 0) is 41.3 Å². The molecule has 2 aromatic rings. The molecule has 114 valence electrons. The van der Waals surface area contributed by atoms with Crippen LogP contribution in [-0.4, -0.2) is 18.6 Å². The minimum atomic E-state index is -0.405. The van der Waals surface area contributed by atoms with E-state index in [0.29, 0.717) is 5.02 Å². The lowest BCUT2D eigenvalue weighted by Gasteiger charge is -2.28. The lowest BCUT2D eigenvalue weighted by molar-refractivity contribution is -0.384. The van der Waals surface area contributed by atoms with Crippen molar-refractivity contribution in [2.24, 2.45) is 0 Å². The SMILES string of the molecule is COc1ccc2c(c1)CCNC2c1cc([N+](=O)[O-])ccc1Cl. The van der Waals surface area contributed by atoms with Gasteiger partial charge >= 0.3 is 0 Å². The molecule has 3 rings (SSSR count). The van der Waals surface area contributed by atoms with E-state index in [1.165, 1.54) is 11.6 Å². The van der Waals surface area contributed by atoms with Crippen molar-refractivity contribution >= 4 is 17.3 Å². The zero-order chi connectivity index (χ0) is 15.7. The number of nitrogens with zero attached hydrogens (tertiary/aromatic N) is 1. The average Bonchev–Trinajstić information content (AvgIpc) is 2.54. The molecule has 0 amide bonds. The van der Waals surface area contributed by atoms with Crippen LogP contribution < -0.4 is 10.1 Å². The van der Waals surface area contributed by atoms with Gasteiger partial charge in [0, 0.05) is 23.7 Å². The summed E-state index contributed by atoms with van der Waals surface area (Å²) in [6.07, 6.45) is 0.885. The molecule has 6 heteroatoms. The number of nitro benzene ring substituents is 1. The molecular formula is C16H15ClN2O3. The average molecular weight is 319 g/mol. The largest absolute Gasteiger partial charge is 0.497 e. The molecule has 0 radical (unpaired) electrons. The monoisotopic (exact) mass is 318 g/mol. The van der Waals surface area contributed by atoms with E-state index >= 15 is 0 Å². The molecule has 0 fully saturated rings. The number of halogens is 1. The van der Waals surface area contributed by atoms with Crippen LogP contribution in [0, 0.1) is 10.1 Å². The highest BCUT2D eigenvalue weighted by Gasteiger charge is 2.25. The van der Waals surface area contributed by atoms with Crippen molar-refractivity contribution in [3.8, 4) is 5.75 Å². The van der Waals surface area contributed by atoms with E-state index in [1.54, 1.807) is 19.2 Å². The van der Waals surface area contributed by atoms with Crippen LogP contribution in [0.5, 0.6) is 5.75 Å². The normalized spacial score (nSPS) is 16.9. The second kappa shape index (κ2) is 5.94. The Morgan fingerprint density at radius 3 is 2.82 bits per heavy atom. The summed E-state index contributed by atoms with van der Waals surface area (Å²) in [5.41, 5.74) is 3.02. The van der Waals surface area contributed by atoms with E-state index in [1.807, 2.05) is 18.2 Å². The van der Waals surface area contributed by atoms with Crippen LogP contribution in [-0.2, 0) is 6.42 Å². The fraction of sp³-hybridized carbons (Fsp3) is 0.250. The molecule has 0 saturated carbocycles. The Morgan fingerprint density at radius 1 is 1.27 bits per heavy atom. The van der Waals surface area contributed by atoms with Crippen LogP contribution >= 0.6 is 11.6 Å². The number of non-ortho nitro benzene ring substituents is 1. The maximum Gasteiger partial charge on any atom is 0.269 e. The summed E-state index contributed by atoms with van der Waals surface area (Å²) in [7, 11) is 1.64. The van der Waals surface area contributed by atoms with Gasteiger partial charge in [0.25, 0.3) is 5.69 Å². The summed E-state index contributed by atoms with van der Waals surface area (Å²) in [5.74, 6) is 0.810. The number of hydrogen-bond donors (Lipinski definition) is 1. The Labute approximate surface area is 133 Å². The van der Waals surface area contributed by atoms with Crippen LogP contribution in [0.2, 0.25) is 5.02 Å². The zero-order valence-electron chi connectivity index (χ0n) is 12.0. The van der Waals surface area contributed by atoms with Crippen LogP contribution in [0.15, 0.2) is 36.4 Å². The number of rotatable bonds is 3. The Kier molecular flexibility index (Phi) is 4.00. The van der Waals surface area contributed by atoms with Crippen LogP contribution in [0.1, 0.15) is 22.7 Å². The van der Waals surface area contributed by atoms with Gasteiger partial charge < -0.3 is 10.1 Å². The first-order valence-electron chi connectivity index (χ1n) is 6.94. The molecule has 1 aliphatic heterocycles. The molecule has 0 saturated heterocycles. The van der Waals surface area contributed by atoms with Gasteiger partial charge in [0.1, 0.15) is 5.75 Å². The van der Waals surface area contributed by atoms with Gasteiger partial charge in [-0.1, -0.05) is 17.7 Å². The Morgan fingerprint density at radius 2 is 2.09 bits per heavy atom. The van der Waals surface area contributed by atoms with Crippen molar-refractivity contribution in [3.05, 3.63) is 68.2 Å². The number of benzene rings is 2. The van der Waals surface area contributed by atoms with Crippen molar-refractivity contribution in [3.63, 3.8) is 0 Å². The van der Waals surface area contributed by atoms with Crippen LogP contribution in [0.3, 0.4) is 0 Å². The minimum absolute atomic E-state index is 0.0434. The Balaban J connectivity index is 2.08. The molecule has 1 heterocycles. The molecule has 1 atom stereocenters. The summed E-state index contributed by atoms with van der Waals surface area (Å²) < 4.78 is 5.26. The first kappa shape index (κ1) is 14.8. The van der Waals surface area contributed by atoms with Crippen LogP contribution in [0.4, 0.5) is 5.69 Å². The van der Waals surface area contributed by atoms with E-state index in [0.717, 1.165) is 29.8 Å². The van der Waals surface area contributed by atoms with Crippen molar-refractivity contribution in [2.75, 3.05) is 13.7 Å². The number of ether oxygens (including phenoxy) is 1. The maximum absolute atomic E-state index is 11.0. The number of methoxy groups -OCH3 is 1. The molecular weight excluding hydrogens is 304 g/mol. The predicted molar refractivity (Wildman–Crippen MR) is 84.7 cm³/mol. The lowest BCUT2D eigenvalue weighted by atomic mass is 9.89. The van der Waals surface area contributed by atoms with Gasteiger partial charge in [-0.3, -0.25) is 10.1 Å². The van der Waals surface area contributed by atoms with Crippen molar-refractivity contribution in [1.29, 1.82) is 0 Å². The summed E-state index contributed by atoms with van der Waals surface area (Å²) in [4.78, 5) is 10.6. The standard InChI is InChI=1S/C16H15ClN2O3/c1-22-12-3-4-13-10(8-12)6-7-18-16(13)14-9-11(19(20)21)2-5-15(14)17/h2-5,8-9,16,18H,6-7H2,1H3. The molecule has 0 aliphatic carbocycles. The van der Waals surface area contributed by atoms with E-state index < -0.39 is 4.92 Å². The van der Waals surface area contributed by atoms with Gasteiger partial charge in [-0.15, -0.1) is 0 Å². The maximum atomic E-state index is 11.0. The first-order valence-corrected chi connectivity index (χ1v) is 7.32. The molecule has 0 bridgehead atoms. The summed E-state index contributed by atoms with van der Waals surface area (Å²) in [6, 6.07) is 10.3. The third-order valence-corrected chi connectivity index (χ3v) is 4.25. The second-order valence-corrected chi connectivity index (χ2v) is 5.57. The lowest BCUT2D eigenvalue weighted by Crippen LogP contribution is -2.30. The number of nitrogens with one attached hydrogen (secondary N) is 1. The van der Waals surface area contributed by atoms with Crippen molar-refractivity contribution < 1.29 is 9.66 Å². The second-order valence-electron chi connectivity index (χ2n) is 5.16. The quantitative estimate of drug-likeness (QED) is 0.695. The van der Waals surface area contributed by atoms with Crippen LogP contribution in [0.25, 0.3) is 0 Å². The Hall–Kier alpha value is -2.11. The fourth-order valence-corrected chi connectivity index (χ4v) is 3.04. The first-order chi connectivity index (χ1) is 10.6. The highest BCUT2D eigenvalue weighted by molar-refractivity contribution is 6.31. The minimum Gasteiger partial charge on any atom is -0.497 e. The summed E-state index contributed by atoms with van der Waals surface area (Å²) in [6.45, 7) is 0.782. The molecule has 0 aromatic heterocycles. The predicted octanol–water partition coefficient (Wildman–Crippen LogP) is 3.49. The summed E-state index contributed by atoms with van der Waals surface area (Å²) >= 11 is 6.27. The topological polar surface area (TPSA) is 64.4 Å². The molecule has 1 aliphatic rings. The third-order valence-electron chi connectivity index (χ3n) is 3.91. The van der Waals surface area contributed by atoms with Gasteiger partial charge in [-0.2, -0.15) is 0 Å². The van der Waals surface area contributed by atoms with Crippen molar-refractivity contribution in [2.45, 2.75) is 12.5 Å². The molecule has 5 nitrogen and oxygen atoms in total. The fourth-order valence-electron chi connectivity index (χ4n) is 2.81. The summed E-state index contributed by atoms with van der Waals surface area (Å²) in [5, 5.41) is 14.9. The van der Waals surface area contributed by atoms with Gasteiger partial charge in [-0.25, -0.2) is 0 Å². The third kappa shape index (κ3) is 2.65. The zero-order valence-corrected chi connectivity index (χ0v) is 12.8. The molecule has 1 unspecified atom stereocenters. The van der Waals surface area contributed by atoms with E-state index in [2.05, 4.69) is 5.32 Å². The molecule has 22 heavy (non-hydrogen) atoms. The highest BCUT2D eigenvalue weighted by atomic mass is 35.5. The number of nitro groups is 1. The van der Waals surface area contributed by atoms with Crippen molar-refractivity contribution in [1.82, 2.24) is 5.32 Å².